The number of piperazine rings is 1. The summed E-state index contributed by atoms with van der Waals surface area (Å²) >= 11 is 0. The molecule has 0 unspecified atom stereocenters. The Bertz CT molecular complexity index is 871. The molecule has 3 N–H and O–H groups in total. The van der Waals surface area contributed by atoms with Gasteiger partial charge in [-0.25, -0.2) is 0 Å². The Morgan fingerprint density at radius 2 is 1.58 bits per heavy atom. The predicted molar refractivity (Wildman–Crippen MR) is 125 cm³/mol. The molecular weight excluding hydrogens is 388 g/mol. The van der Waals surface area contributed by atoms with Crippen LogP contribution in [0.5, 0.6) is 0 Å². The van der Waals surface area contributed by atoms with E-state index in [9.17, 15) is 9.59 Å². The molecule has 6 heteroatoms. The lowest BCUT2D eigenvalue weighted by Crippen LogP contribution is -3.30. The fourth-order valence-electron chi connectivity index (χ4n) is 4.44. The van der Waals surface area contributed by atoms with E-state index in [4.69, 9.17) is 0 Å². The fraction of sp³-hybridized carbons (Fsp3) is 0.440. The molecule has 1 heterocycles. The lowest BCUT2D eigenvalue weighted by Gasteiger charge is -2.34. The van der Waals surface area contributed by atoms with Crippen molar-refractivity contribution in [2.24, 2.45) is 0 Å². The number of carbonyl (C=O) groups excluding carboxylic acids is 2. The second-order valence-corrected chi connectivity index (χ2v) is 8.54. The van der Waals surface area contributed by atoms with Gasteiger partial charge < -0.3 is 20.0 Å². The molecule has 1 aliphatic heterocycles. The number of hydrogen-bond acceptors (Lipinski definition) is 2. The number of carbonyl (C=O) groups is 2. The van der Waals surface area contributed by atoms with Crippen molar-refractivity contribution in [1.29, 1.82) is 0 Å². The van der Waals surface area contributed by atoms with Crippen molar-refractivity contribution < 1.29 is 19.4 Å². The van der Waals surface area contributed by atoms with Gasteiger partial charge in [0, 0.05) is 17.9 Å². The molecule has 0 aliphatic carbocycles. The molecule has 3 rings (SSSR count). The summed E-state index contributed by atoms with van der Waals surface area (Å²) in [5.41, 5.74) is 4.05. The maximum atomic E-state index is 13.1. The van der Waals surface area contributed by atoms with E-state index in [1.54, 1.807) is 0 Å². The van der Waals surface area contributed by atoms with Gasteiger partial charge in [-0.15, -0.1) is 0 Å². The normalized spacial score (nSPS) is 19.5. The minimum absolute atomic E-state index is 0.0567. The molecule has 0 saturated carbocycles. The van der Waals surface area contributed by atoms with Gasteiger partial charge in [0.05, 0.1) is 0 Å². The van der Waals surface area contributed by atoms with E-state index >= 15 is 0 Å². The molecule has 0 bridgehead atoms. The number of nitrogens with one attached hydrogen (secondary N) is 3. The molecule has 6 nitrogen and oxygen atoms in total. The minimum atomic E-state index is -0.0925. The summed E-state index contributed by atoms with van der Waals surface area (Å²) < 4.78 is 0. The number of likely N-dealkylation sites (N-methyl/N-ethyl adjacent to an activating group) is 1. The molecule has 2 aromatic carbocycles. The predicted octanol–water partition coefficient (Wildman–Crippen LogP) is 0.467. The standard InChI is InChI=1S/C25H34N4O2/c1-5-29(22-12-7-6-8-13-22)25(31)21(4)28-16-14-27(15-17-28)18-23(30)26-24-19(2)10-9-11-20(24)3/h6-13,21H,5,14-18H2,1-4H3,(H,26,30)/p+2/t21-/m1/s1. The van der Waals surface area contributed by atoms with E-state index in [-0.39, 0.29) is 17.9 Å². The van der Waals surface area contributed by atoms with E-state index in [2.05, 4.69) is 5.32 Å². The molecule has 0 aromatic heterocycles. The maximum Gasteiger partial charge on any atom is 0.284 e. The Morgan fingerprint density at radius 1 is 0.968 bits per heavy atom. The van der Waals surface area contributed by atoms with E-state index in [0.717, 1.165) is 48.7 Å². The Labute approximate surface area is 185 Å². The van der Waals surface area contributed by atoms with Crippen molar-refractivity contribution in [3.8, 4) is 0 Å². The molecule has 0 radical (unpaired) electrons. The number of hydrogen-bond donors (Lipinski definition) is 3. The van der Waals surface area contributed by atoms with Gasteiger partial charge in [0.2, 0.25) is 0 Å². The van der Waals surface area contributed by atoms with Crippen molar-refractivity contribution in [2.45, 2.75) is 33.7 Å². The molecule has 1 saturated heterocycles. The molecule has 1 fully saturated rings. The zero-order valence-corrected chi connectivity index (χ0v) is 19.2. The van der Waals surface area contributed by atoms with Crippen molar-refractivity contribution in [1.82, 2.24) is 0 Å². The van der Waals surface area contributed by atoms with Gasteiger partial charge in [-0.05, 0) is 51.0 Å². The van der Waals surface area contributed by atoms with E-state index in [1.165, 1.54) is 9.80 Å². The van der Waals surface area contributed by atoms with Gasteiger partial charge in [-0.1, -0.05) is 36.4 Å². The first-order valence-electron chi connectivity index (χ1n) is 11.3. The van der Waals surface area contributed by atoms with Crippen LogP contribution in [0.3, 0.4) is 0 Å². The number of anilines is 2. The lowest BCUT2D eigenvalue weighted by atomic mass is 10.1. The van der Waals surface area contributed by atoms with Crippen LogP contribution < -0.4 is 20.0 Å². The molecule has 1 aliphatic rings. The molecule has 2 amide bonds. The lowest BCUT2D eigenvalue weighted by molar-refractivity contribution is -1.01. The molecule has 1 atom stereocenters. The Balaban J connectivity index is 1.51. The Kier molecular flexibility index (Phi) is 7.82. The van der Waals surface area contributed by atoms with Crippen LogP contribution in [0.2, 0.25) is 0 Å². The first kappa shape index (κ1) is 23.0. The number of nitrogens with zero attached hydrogens (tertiary/aromatic N) is 1. The highest BCUT2D eigenvalue weighted by molar-refractivity contribution is 5.96. The van der Waals surface area contributed by atoms with Gasteiger partial charge in [-0.2, -0.15) is 0 Å². The zero-order chi connectivity index (χ0) is 22.4. The molecular formula is C25H36N4O2+2. The topological polar surface area (TPSA) is 58.3 Å². The third kappa shape index (κ3) is 5.71. The first-order valence-corrected chi connectivity index (χ1v) is 11.3. The van der Waals surface area contributed by atoms with Crippen LogP contribution >= 0.6 is 0 Å². The van der Waals surface area contributed by atoms with Gasteiger partial charge in [0.15, 0.2) is 12.6 Å². The van der Waals surface area contributed by atoms with Crippen molar-refractivity contribution in [3.63, 3.8) is 0 Å². The van der Waals surface area contributed by atoms with Gasteiger partial charge in [0.25, 0.3) is 11.8 Å². The number of aryl methyl sites for hydroxylation is 2. The van der Waals surface area contributed by atoms with Crippen molar-refractivity contribution >= 4 is 23.2 Å². The summed E-state index contributed by atoms with van der Waals surface area (Å²) in [5, 5.41) is 3.09. The average molecular weight is 425 g/mol. The Morgan fingerprint density at radius 3 is 2.16 bits per heavy atom. The summed E-state index contributed by atoms with van der Waals surface area (Å²) in [5.74, 6) is 0.223. The highest BCUT2D eigenvalue weighted by Crippen LogP contribution is 2.19. The third-order valence-corrected chi connectivity index (χ3v) is 6.39. The van der Waals surface area contributed by atoms with E-state index in [1.807, 2.05) is 81.1 Å². The van der Waals surface area contributed by atoms with Crippen LogP contribution in [0.15, 0.2) is 48.5 Å². The second-order valence-electron chi connectivity index (χ2n) is 8.54. The summed E-state index contributed by atoms with van der Waals surface area (Å²) in [6, 6.07) is 15.8. The van der Waals surface area contributed by atoms with Crippen molar-refractivity contribution in [2.75, 3.05) is 49.5 Å². The number of benzene rings is 2. The monoisotopic (exact) mass is 424 g/mol. The van der Waals surface area contributed by atoms with E-state index < -0.39 is 0 Å². The zero-order valence-electron chi connectivity index (χ0n) is 19.2. The minimum Gasteiger partial charge on any atom is -0.321 e. The number of rotatable bonds is 7. The Hall–Kier alpha value is -2.70. The quantitative estimate of drug-likeness (QED) is 0.605. The van der Waals surface area contributed by atoms with E-state index in [0.29, 0.717) is 13.1 Å². The second kappa shape index (κ2) is 10.6. The molecule has 166 valence electrons. The van der Waals surface area contributed by atoms with Crippen LogP contribution in [-0.2, 0) is 9.59 Å². The van der Waals surface area contributed by atoms with Crippen LogP contribution in [0, 0.1) is 13.8 Å². The summed E-state index contributed by atoms with van der Waals surface area (Å²) in [4.78, 5) is 30.2. The van der Waals surface area contributed by atoms with Crippen LogP contribution in [0.25, 0.3) is 0 Å². The molecule has 31 heavy (non-hydrogen) atoms. The molecule has 0 spiro atoms. The first-order chi connectivity index (χ1) is 14.9. The smallest absolute Gasteiger partial charge is 0.284 e. The van der Waals surface area contributed by atoms with Gasteiger partial charge in [0.1, 0.15) is 26.2 Å². The van der Waals surface area contributed by atoms with Crippen LogP contribution in [-0.4, -0.2) is 57.1 Å². The fourth-order valence-corrected chi connectivity index (χ4v) is 4.44. The van der Waals surface area contributed by atoms with Gasteiger partial charge in [-0.3, -0.25) is 9.59 Å². The number of para-hydroxylation sites is 2. The average Bonchev–Trinajstić information content (AvgIpc) is 2.77. The van der Waals surface area contributed by atoms with Crippen molar-refractivity contribution in [3.05, 3.63) is 59.7 Å². The third-order valence-electron chi connectivity index (χ3n) is 6.39. The van der Waals surface area contributed by atoms with Crippen LogP contribution in [0.4, 0.5) is 11.4 Å². The number of amides is 2. The van der Waals surface area contributed by atoms with Crippen LogP contribution in [0.1, 0.15) is 25.0 Å². The maximum absolute atomic E-state index is 13.1. The summed E-state index contributed by atoms with van der Waals surface area (Å²) in [6.45, 7) is 12.8. The highest BCUT2D eigenvalue weighted by Gasteiger charge is 2.34. The SMILES string of the molecule is CCN(C(=O)[C@@H](C)[NH+]1CC[NH+](CC(=O)Nc2c(C)cccc2C)CC1)c1ccccc1. The summed E-state index contributed by atoms with van der Waals surface area (Å²) in [6.07, 6.45) is 0. The largest absolute Gasteiger partial charge is 0.321 e. The highest BCUT2D eigenvalue weighted by atomic mass is 16.2. The van der Waals surface area contributed by atoms with Gasteiger partial charge >= 0.3 is 0 Å². The number of quaternary nitrogens is 2. The summed E-state index contributed by atoms with van der Waals surface area (Å²) in [7, 11) is 0. The molecule has 2 aromatic rings.